The molecule has 6 nitrogen and oxygen atoms in total. The van der Waals surface area contributed by atoms with Crippen LogP contribution in [0.5, 0.6) is 0 Å². The number of piperidine rings is 1. The molecule has 6 heteroatoms. The lowest BCUT2D eigenvalue weighted by molar-refractivity contribution is 0.321. The first kappa shape index (κ1) is 11.3. The number of rotatable bonds is 1. The maximum atomic E-state index is 5.80. The Labute approximate surface area is 106 Å². The van der Waals surface area contributed by atoms with E-state index in [1.165, 1.54) is 6.42 Å². The molecule has 0 bridgehead atoms. The Morgan fingerprint density at radius 3 is 2.89 bits per heavy atom. The van der Waals surface area contributed by atoms with Crippen molar-refractivity contribution in [3.8, 4) is 0 Å². The Morgan fingerprint density at radius 2 is 2.11 bits per heavy atom. The molecule has 0 spiro atoms. The van der Waals surface area contributed by atoms with Crippen molar-refractivity contribution in [2.24, 2.45) is 11.8 Å². The molecule has 0 amide bonds. The Kier molecular flexibility index (Phi) is 2.57. The van der Waals surface area contributed by atoms with Gasteiger partial charge in [-0.1, -0.05) is 13.8 Å². The fourth-order valence-electron chi connectivity index (χ4n) is 2.49. The van der Waals surface area contributed by atoms with Gasteiger partial charge in [0.1, 0.15) is 0 Å². The molecule has 1 unspecified atom stereocenters. The molecule has 2 N–H and O–H groups in total. The number of nitrogen functional groups attached to an aromatic ring is 1. The summed E-state index contributed by atoms with van der Waals surface area (Å²) in [6, 6.07) is 0. The van der Waals surface area contributed by atoms with E-state index in [4.69, 9.17) is 5.73 Å². The van der Waals surface area contributed by atoms with Gasteiger partial charge in [-0.25, -0.2) is 4.98 Å². The lowest BCUT2D eigenvalue weighted by Gasteiger charge is -2.35. The minimum Gasteiger partial charge on any atom is -0.381 e. The van der Waals surface area contributed by atoms with Crippen LogP contribution in [0.25, 0.3) is 5.65 Å². The predicted molar refractivity (Wildman–Crippen MR) is 70.4 cm³/mol. The molecule has 0 aliphatic carbocycles. The largest absolute Gasteiger partial charge is 0.381 e. The fraction of sp³-hybridized carbons (Fsp3) is 0.583. The number of anilines is 2. The zero-order valence-electron chi connectivity index (χ0n) is 10.7. The van der Waals surface area contributed by atoms with E-state index in [0.29, 0.717) is 17.4 Å². The van der Waals surface area contributed by atoms with Gasteiger partial charge in [0.25, 0.3) is 0 Å². The van der Waals surface area contributed by atoms with Crippen LogP contribution in [0.3, 0.4) is 0 Å². The first-order chi connectivity index (χ1) is 8.66. The molecule has 1 aliphatic heterocycles. The topological polar surface area (TPSA) is 72.3 Å². The molecule has 1 saturated heterocycles. The van der Waals surface area contributed by atoms with Crippen LogP contribution in [0, 0.1) is 11.8 Å². The Bertz CT molecular complexity index is 563. The Morgan fingerprint density at radius 1 is 1.28 bits per heavy atom. The van der Waals surface area contributed by atoms with Crippen LogP contribution >= 0.6 is 0 Å². The summed E-state index contributed by atoms with van der Waals surface area (Å²) >= 11 is 0. The summed E-state index contributed by atoms with van der Waals surface area (Å²) in [5, 5.41) is 8.38. The highest BCUT2D eigenvalue weighted by molar-refractivity contribution is 5.61. The molecule has 2 aromatic heterocycles. The summed E-state index contributed by atoms with van der Waals surface area (Å²) < 4.78 is 1.92. The molecule has 1 aliphatic rings. The van der Waals surface area contributed by atoms with Crippen LogP contribution in [-0.4, -0.2) is 32.7 Å². The van der Waals surface area contributed by atoms with Crippen molar-refractivity contribution >= 4 is 17.4 Å². The van der Waals surface area contributed by atoms with E-state index in [-0.39, 0.29) is 0 Å². The third-order valence-corrected chi connectivity index (χ3v) is 3.95. The van der Waals surface area contributed by atoms with Gasteiger partial charge in [0.05, 0.1) is 0 Å². The Hall–Kier alpha value is -1.85. The number of nitrogens with zero attached hydrogens (tertiary/aromatic N) is 5. The molecule has 2 atom stereocenters. The maximum Gasteiger partial charge on any atom is 0.231 e. The van der Waals surface area contributed by atoms with Crippen LogP contribution in [-0.2, 0) is 0 Å². The first-order valence-electron chi connectivity index (χ1n) is 6.37. The highest BCUT2D eigenvalue weighted by Crippen LogP contribution is 2.26. The van der Waals surface area contributed by atoms with Crippen molar-refractivity contribution in [1.82, 2.24) is 19.6 Å². The summed E-state index contributed by atoms with van der Waals surface area (Å²) in [6.45, 7) is 6.64. The third kappa shape index (κ3) is 1.68. The van der Waals surface area contributed by atoms with Gasteiger partial charge in [-0.2, -0.15) is 0 Å². The van der Waals surface area contributed by atoms with Crippen molar-refractivity contribution in [1.29, 1.82) is 0 Å². The monoisotopic (exact) mass is 246 g/mol. The molecular weight excluding hydrogens is 228 g/mol. The highest BCUT2D eigenvalue weighted by atomic mass is 15.4. The average molecular weight is 246 g/mol. The van der Waals surface area contributed by atoms with E-state index in [9.17, 15) is 0 Å². The van der Waals surface area contributed by atoms with Crippen LogP contribution in [0.2, 0.25) is 0 Å². The van der Waals surface area contributed by atoms with Crippen molar-refractivity contribution < 1.29 is 0 Å². The van der Waals surface area contributed by atoms with Crippen molar-refractivity contribution in [2.75, 3.05) is 23.7 Å². The maximum absolute atomic E-state index is 5.80. The van der Waals surface area contributed by atoms with Gasteiger partial charge in [-0.3, -0.25) is 4.40 Å². The van der Waals surface area contributed by atoms with E-state index in [2.05, 4.69) is 33.9 Å². The minimum atomic E-state index is 0.426. The second-order valence-corrected chi connectivity index (χ2v) is 5.20. The minimum absolute atomic E-state index is 0.426. The van der Waals surface area contributed by atoms with E-state index < -0.39 is 0 Å². The molecular formula is C12H18N6. The number of hydrogen-bond donors (Lipinski definition) is 1. The summed E-state index contributed by atoms with van der Waals surface area (Å²) in [6.07, 6.45) is 4.74. The fourth-order valence-corrected chi connectivity index (χ4v) is 2.49. The molecule has 1 fully saturated rings. The smallest absolute Gasteiger partial charge is 0.231 e. The summed E-state index contributed by atoms with van der Waals surface area (Å²) in [4.78, 5) is 6.31. The number of nitrogens with two attached hydrogens (primary N) is 1. The third-order valence-electron chi connectivity index (χ3n) is 3.95. The summed E-state index contributed by atoms with van der Waals surface area (Å²) in [7, 11) is 0. The first-order valence-corrected chi connectivity index (χ1v) is 6.37. The predicted octanol–water partition coefficient (Wildman–Crippen LogP) is 1.19. The van der Waals surface area contributed by atoms with Crippen molar-refractivity contribution in [3.05, 3.63) is 12.4 Å². The Balaban J connectivity index is 1.98. The zero-order chi connectivity index (χ0) is 12.7. The second kappa shape index (κ2) is 4.12. The lowest BCUT2D eigenvalue weighted by Crippen LogP contribution is -2.39. The van der Waals surface area contributed by atoms with E-state index in [0.717, 1.165) is 25.0 Å². The van der Waals surface area contributed by atoms with Crippen LogP contribution < -0.4 is 10.6 Å². The second-order valence-electron chi connectivity index (χ2n) is 5.20. The summed E-state index contributed by atoms with van der Waals surface area (Å²) in [5.41, 5.74) is 6.43. The van der Waals surface area contributed by atoms with Gasteiger partial charge in [0.2, 0.25) is 11.6 Å². The number of fused-ring (bicyclic) bond motifs is 1. The lowest BCUT2D eigenvalue weighted by atomic mass is 9.89. The molecule has 96 valence electrons. The molecule has 0 aromatic carbocycles. The van der Waals surface area contributed by atoms with Gasteiger partial charge >= 0.3 is 0 Å². The van der Waals surface area contributed by atoms with Crippen LogP contribution in [0.15, 0.2) is 12.4 Å². The zero-order valence-corrected chi connectivity index (χ0v) is 10.7. The SMILES string of the molecule is CC1CCN(c2nnc3c(N)nccn23)C[C@H]1C. The van der Waals surface area contributed by atoms with Crippen molar-refractivity contribution in [2.45, 2.75) is 20.3 Å². The number of hydrogen-bond acceptors (Lipinski definition) is 5. The standard InChI is InChI=1S/C12H18N6/c1-8-3-5-17(7-9(8)2)12-16-15-11-10(13)14-4-6-18(11)12/h4,6,8-9H,3,5,7H2,1-2H3,(H2,13,14)/t8?,9-/m1/s1. The quantitative estimate of drug-likeness (QED) is 0.818. The van der Waals surface area contributed by atoms with Gasteiger partial charge in [0, 0.05) is 25.5 Å². The highest BCUT2D eigenvalue weighted by Gasteiger charge is 2.25. The van der Waals surface area contributed by atoms with E-state index >= 15 is 0 Å². The molecule has 0 radical (unpaired) electrons. The average Bonchev–Trinajstić information content (AvgIpc) is 2.78. The number of aromatic nitrogens is 4. The van der Waals surface area contributed by atoms with Gasteiger partial charge in [0.15, 0.2) is 5.82 Å². The van der Waals surface area contributed by atoms with Gasteiger partial charge < -0.3 is 10.6 Å². The molecule has 2 aromatic rings. The molecule has 18 heavy (non-hydrogen) atoms. The summed E-state index contributed by atoms with van der Waals surface area (Å²) in [5.74, 6) is 2.74. The van der Waals surface area contributed by atoms with Crippen LogP contribution in [0.1, 0.15) is 20.3 Å². The van der Waals surface area contributed by atoms with Crippen molar-refractivity contribution in [3.63, 3.8) is 0 Å². The van der Waals surface area contributed by atoms with E-state index in [1.807, 2.05) is 10.6 Å². The molecule has 3 rings (SSSR count). The van der Waals surface area contributed by atoms with Gasteiger partial charge in [-0.05, 0) is 18.3 Å². The molecule has 0 saturated carbocycles. The van der Waals surface area contributed by atoms with Crippen LogP contribution in [0.4, 0.5) is 11.8 Å². The van der Waals surface area contributed by atoms with E-state index in [1.54, 1.807) is 6.20 Å². The normalized spacial score (nSPS) is 24.7. The van der Waals surface area contributed by atoms with Gasteiger partial charge in [-0.15, -0.1) is 10.2 Å². The molecule has 3 heterocycles.